The topological polar surface area (TPSA) is 91.4 Å². The first-order valence-corrected chi connectivity index (χ1v) is 9.60. The van der Waals surface area contributed by atoms with Crippen LogP contribution >= 0.6 is 0 Å². The van der Waals surface area contributed by atoms with E-state index in [1.54, 1.807) is 31.2 Å². The summed E-state index contributed by atoms with van der Waals surface area (Å²) in [6.07, 6.45) is 0. The van der Waals surface area contributed by atoms with E-state index in [4.69, 9.17) is 9.15 Å². The van der Waals surface area contributed by atoms with Crippen molar-refractivity contribution in [2.45, 2.75) is 33.9 Å². The van der Waals surface area contributed by atoms with Crippen LogP contribution in [0.2, 0.25) is 0 Å². The number of aryl methyl sites for hydroxylation is 3. The normalized spacial score (nSPS) is 11.2. The fourth-order valence-electron chi connectivity index (χ4n) is 3.46. The molecule has 0 N–H and O–H groups in total. The highest BCUT2D eigenvalue weighted by molar-refractivity contribution is 6.02. The Morgan fingerprint density at radius 2 is 1.80 bits per heavy atom. The first kappa shape index (κ1) is 19.6. The van der Waals surface area contributed by atoms with E-state index in [9.17, 15) is 14.4 Å². The molecular formula is C23H20N2O5. The second kappa shape index (κ2) is 7.59. The third-order valence-electron chi connectivity index (χ3n) is 5.24. The van der Waals surface area contributed by atoms with Crippen molar-refractivity contribution in [3.05, 3.63) is 85.6 Å². The molecule has 2 aromatic carbocycles. The lowest BCUT2D eigenvalue weighted by molar-refractivity contribution is 0.0466. The molecule has 0 amide bonds. The minimum absolute atomic E-state index is 0.0614. The fourth-order valence-corrected chi connectivity index (χ4v) is 3.46. The van der Waals surface area contributed by atoms with Crippen molar-refractivity contribution in [1.82, 2.24) is 9.78 Å². The molecule has 0 unspecified atom stereocenters. The van der Waals surface area contributed by atoms with Crippen LogP contribution < -0.4 is 11.2 Å². The Morgan fingerprint density at radius 1 is 1.07 bits per heavy atom. The maximum absolute atomic E-state index is 12.9. The van der Waals surface area contributed by atoms with Gasteiger partial charge < -0.3 is 9.15 Å². The van der Waals surface area contributed by atoms with Gasteiger partial charge in [-0.2, -0.15) is 5.10 Å². The summed E-state index contributed by atoms with van der Waals surface area (Å²) >= 11 is 0. The van der Waals surface area contributed by atoms with Crippen molar-refractivity contribution in [3.63, 3.8) is 0 Å². The third-order valence-corrected chi connectivity index (χ3v) is 5.24. The van der Waals surface area contributed by atoms with E-state index >= 15 is 0 Å². The molecule has 0 spiro atoms. The summed E-state index contributed by atoms with van der Waals surface area (Å²) in [6, 6.07) is 11.9. The maximum Gasteiger partial charge on any atom is 0.359 e. The van der Waals surface area contributed by atoms with Gasteiger partial charge in [-0.05, 0) is 38.0 Å². The zero-order chi connectivity index (χ0) is 21.4. The Labute approximate surface area is 171 Å². The monoisotopic (exact) mass is 404 g/mol. The minimum Gasteiger partial charge on any atom is -0.456 e. The molecule has 4 rings (SSSR count). The zero-order valence-electron chi connectivity index (χ0n) is 16.9. The van der Waals surface area contributed by atoms with Crippen LogP contribution in [0.25, 0.3) is 21.7 Å². The first-order chi connectivity index (χ1) is 14.4. The number of benzene rings is 2. The lowest BCUT2D eigenvalue weighted by Crippen LogP contribution is -2.25. The summed E-state index contributed by atoms with van der Waals surface area (Å²) in [5.41, 5.74) is 2.18. The quantitative estimate of drug-likeness (QED) is 0.382. The highest BCUT2D eigenvalue weighted by atomic mass is 16.5. The Hall–Kier alpha value is -3.74. The summed E-state index contributed by atoms with van der Waals surface area (Å²) in [7, 11) is 0. The molecule has 30 heavy (non-hydrogen) atoms. The highest BCUT2D eigenvalue weighted by Gasteiger charge is 2.18. The van der Waals surface area contributed by atoms with Crippen LogP contribution in [0.1, 0.15) is 34.1 Å². The number of aromatic nitrogens is 2. The molecule has 0 bridgehead atoms. The SMILES string of the molecule is CCn1nc(C(=O)OCc2cc(=O)oc3c(C)c(C)ccc23)c2ccccc2c1=O. The predicted molar refractivity (Wildman–Crippen MR) is 113 cm³/mol. The van der Waals surface area contributed by atoms with Gasteiger partial charge >= 0.3 is 11.6 Å². The number of rotatable bonds is 4. The smallest absolute Gasteiger partial charge is 0.359 e. The van der Waals surface area contributed by atoms with E-state index in [1.165, 1.54) is 10.7 Å². The second-order valence-electron chi connectivity index (χ2n) is 7.07. The summed E-state index contributed by atoms with van der Waals surface area (Å²) < 4.78 is 12.1. The van der Waals surface area contributed by atoms with Gasteiger partial charge in [0.05, 0.1) is 5.39 Å². The Morgan fingerprint density at radius 3 is 2.53 bits per heavy atom. The highest BCUT2D eigenvalue weighted by Crippen LogP contribution is 2.24. The molecule has 0 aliphatic rings. The molecule has 2 heterocycles. The average molecular weight is 404 g/mol. The second-order valence-corrected chi connectivity index (χ2v) is 7.07. The summed E-state index contributed by atoms with van der Waals surface area (Å²) in [5.74, 6) is -0.668. The molecule has 152 valence electrons. The number of hydrogen-bond acceptors (Lipinski definition) is 6. The Balaban J connectivity index is 1.73. The van der Waals surface area contributed by atoms with Crippen LogP contribution in [0.15, 0.2) is 56.5 Å². The van der Waals surface area contributed by atoms with Gasteiger partial charge in [-0.25, -0.2) is 14.3 Å². The molecular weight excluding hydrogens is 384 g/mol. The van der Waals surface area contributed by atoms with E-state index in [0.717, 1.165) is 11.1 Å². The van der Waals surface area contributed by atoms with Crippen molar-refractivity contribution in [2.75, 3.05) is 0 Å². The molecule has 0 aliphatic heterocycles. The fraction of sp³-hybridized carbons (Fsp3) is 0.217. The summed E-state index contributed by atoms with van der Waals surface area (Å²) in [5, 5.41) is 5.73. The van der Waals surface area contributed by atoms with E-state index in [-0.39, 0.29) is 17.9 Å². The van der Waals surface area contributed by atoms with Crippen molar-refractivity contribution in [2.24, 2.45) is 0 Å². The van der Waals surface area contributed by atoms with Crippen LogP contribution in [-0.4, -0.2) is 15.7 Å². The van der Waals surface area contributed by atoms with Gasteiger partial charge in [0.15, 0.2) is 5.69 Å². The van der Waals surface area contributed by atoms with Crippen LogP contribution in [-0.2, 0) is 17.9 Å². The average Bonchev–Trinajstić information content (AvgIpc) is 2.75. The van der Waals surface area contributed by atoms with Crippen LogP contribution in [0.5, 0.6) is 0 Å². The molecule has 0 radical (unpaired) electrons. The first-order valence-electron chi connectivity index (χ1n) is 9.60. The van der Waals surface area contributed by atoms with Crippen molar-refractivity contribution in [3.8, 4) is 0 Å². The van der Waals surface area contributed by atoms with Crippen LogP contribution in [0.4, 0.5) is 0 Å². The van der Waals surface area contributed by atoms with Gasteiger partial charge in [0.1, 0.15) is 12.2 Å². The van der Waals surface area contributed by atoms with Gasteiger partial charge in [-0.1, -0.05) is 30.3 Å². The van der Waals surface area contributed by atoms with Gasteiger partial charge in [0.2, 0.25) is 0 Å². The molecule has 0 atom stereocenters. The standard InChI is InChI=1S/C23H20N2O5/c1-4-25-22(27)18-8-6-5-7-17(18)20(24-25)23(28)29-12-15-11-19(26)30-21-14(3)13(2)9-10-16(15)21/h5-11H,4,12H2,1-3H3. The molecule has 2 aromatic heterocycles. The Bertz CT molecular complexity index is 1420. The molecule has 4 aromatic rings. The van der Waals surface area contributed by atoms with Crippen molar-refractivity contribution < 1.29 is 13.9 Å². The summed E-state index contributed by atoms with van der Waals surface area (Å²) in [6.45, 7) is 5.79. The number of carbonyl (C=O) groups is 1. The van der Waals surface area contributed by atoms with E-state index in [2.05, 4.69) is 5.10 Å². The number of fused-ring (bicyclic) bond motifs is 2. The van der Waals surface area contributed by atoms with Crippen LogP contribution in [0, 0.1) is 13.8 Å². The lowest BCUT2D eigenvalue weighted by Gasteiger charge is -2.11. The summed E-state index contributed by atoms with van der Waals surface area (Å²) in [4.78, 5) is 37.3. The van der Waals surface area contributed by atoms with Crippen molar-refractivity contribution >= 4 is 27.7 Å². The van der Waals surface area contributed by atoms with Gasteiger partial charge in [-0.3, -0.25) is 4.79 Å². The molecule has 7 heteroatoms. The van der Waals surface area contributed by atoms with Gasteiger partial charge in [-0.15, -0.1) is 0 Å². The predicted octanol–water partition coefficient (Wildman–Crippen LogP) is 3.50. The number of esters is 1. The zero-order valence-corrected chi connectivity index (χ0v) is 16.9. The van der Waals surface area contributed by atoms with E-state index in [0.29, 0.717) is 33.8 Å². The maximum atomic E-state index is 12.9. The molecule has 7 nitrogen and oxygen atoms in total. The molecule has 0 saturated carbocycles. The molecule has 0 aliphatic carbocycles. The number of hydrogen-bond donors (Lipinski definition) is 0. The van der Waals surface area contributed by atoms with E-state index < -0.39 is 11.6 Å². The van der Waals surface area contributed by atoms with Crippen molar-refractivity contribution in [1.29, 1.82) is 0 Å². The number of nitrogens with zero attached hydrogens (tertiary/aromatic N) is 2. The largest absolute Gasteiger partial charge is 0.456 e. The lowest BCUT2D eigenvalue weighted by atomic mass is 10.0. The van der Waals surface area contributed by atoms with Gasteiger partial charge in [0.25, 0.3) is 5.56 Å². The number of carbonyl (C=O) groups excluding carboxylic acids is 1. The Kier molecular flexibility index (Phi) is 4.95. The van der Waals surface area contributed by atoms with Crippen LogP contribution in [0.3, 0.4) is 0 Å². The third kappa shape index (κ3) is 3.28. The van der Waals surface area contributed by atoms with Gasteiger partial charge in [0, 0.05) is 28.9 Å². The molecule has 0 fully saturated rings. The molecule has 0 saturated heterocycles. The number of ether oxygens (including phenoxy) is 1. The minimum atomic E-state index is -0.668. The van der Waals surface area contributed by atoms with E-state index in [1.807, 2.05) is 26.0 Å².